The maximum Gasteiger partial charge on any atom is 0.334 e. The zero-order chi connectivity index (χ0) is 18.7. The first-order valence-electron chi connectivity index (χ1n) is 8.02. The third-order valence-electron chi connectivity index (χ3n) is 3.16. The summed E-state index contributed by atoms with van der Waals surface area (Å²) in [6, 6.07) is 7.34. The fourth-order valence-corrected chi connectivity index (χ4v) is 2.27. The molecule has 0 aromatic heterocycles. The number of halogens is 1. The largest absolute Gasteiger partial charge is 0.489 e. The molecule has 0 aliphatic carbocycles. The summed E-state index contributed by atoms with van der Waals surface area (Å²) in [4.78, 5) is 23.5. The minimum absolute atomic E-state index is 0.221. The Labute approximate surface area is 156 Å². The molecule has 0 N–H and O–H groups in total. The summed E-state index contributed by atoms with van der Waals surface area (Å²) in [5.41, 5.74) is 1.74. The van der Waals surface area contributed by atoms with Crippen molar-refractivity contribution in [2.45, 2.75) is 20.8 Å². The second-order valence-corrected chi connectivity index (χ2v) is 5.54. The van der Waals surface area contributed by atoms with Gasteiger partial charge in [-0.3, -0.25) is 0 Å². The zero-order valence-corrected chi connectivity index (χ0v) is 16.3. The van der Waals surface area contributed by atoms with E-state index < -0.39 is 0 Å². The van der Waals surface area contributed by atoms with Gasteiger partial charge >= 0.3 is 11.9 Å². The molecule has 1 rings (SSSR count). The molecule has 0 heterocycles. The Bertz CT molecular complexity index is 649. The van der Waals surface area contributed by atoms with Crippen LogP contribution in [0.2, 0.25) is 0 Å². The van der Waals surface area contributed by atoms with Crippen LogP contribution in [0.4, 0.5) is 0 Å². The molecule has 0 saturated heterocycles. The lowest BCUT2D eigenvalue weighted by atomic mass is 10.1. The van der Waals surface area contributed by atoms with Gasteiger partial charge in [0.2, 0.25) is 0 Å². The first-order valence-corrected chi connectivity index (χ1v) is 9.14. The first kappa shape index (κ1) is 21.0. The monoisotopic (exact) mass is 410 g/mol. The average Bonchev–Trinajstić information content (AvgIpc) is 2.61. The first-order chi connectivity index (χ1) is 12.0. The minimum Gasteiger partial charge on any atom is -0.489 e. The summed E-state index contributed by atoms with van der Waals surface area (Å²) in [6.07, 6.45) is 3.39. The Morgan fingerprint density at radius 1 is 1.08 bits per heavy atom. The molecule has 0 unspecified atom stereocenters. The second-order valence-electron chi connectivity index (χ2n) is 4.98. The lowest BCUT2D eigenvalue weighted by Crippen LogP contribution is -2.09. The Hall–Kier alpha value is -2.08. The number of benzene rings is 1. The van der Waals surface area contributed by atoms with Crippen molar-refractivity contribution in [2.24, 2.45) is 0 Å². The molecule has 0 fully saturated rings. The van der Waals surface area contributed by atoms with Gasteiger partial charge in [0.1, 0.15) is 12.4 Å². The van der Waals surface area contributed by atoms with E-state index in [-0.39, 0.29) is 18.5 Å². The van der Waals surface area contributed by atoms with E-state index in [1.165, 1.54) is 0 Å². The van der Waals surface area contributed by atoms with E-state index >= 15 is 0 Å². The van der Waals surface area contributed by atoms with Crippen molar-refractivity contribution in [1.82, 2.24) is 0 Å². The number of hydrogen-bond acceptors (Lipinski definition) is 5. The molecule has 0 aliphatic heterocycles. The highest BCUT2D eigenvalue weighted by Gasteiger charge is 2.11. The van der Waals surface area contributed by atoms with Gasteiger partial charge < -0.3 is 14.2 Å². The quantitative estimate of drug-likeness (QED) is 0.350. The van der Waals surface area contributed by atoms with E-state index in [1.807, 2.05) is 18.2 Å². The summed E-state index contributed by atoms with van der Waals surface area (Å²) < 4.78 is 15.7. The van der Waals surface area contributed by atoms with Crippen molar-refractivity contribution in [2.75, 3.05) is 25.2 Å². The number of ether oxygens (including phenoxy) is 3. The lowest BCUT2D eigenvalue weighted by molar-refractivity contribution is -0.139. The highest BCUT2D eigenvalue weighted by atomic mass is 79.9. The fraction of sp³-hybridized carbons (Fsp3) is 0.368. The summed E-state index contributed by atoms with van der Waals surface area (Å²) in [5.74, 6) is -0.117. The third-order valence-corrected chi connectivity index (χ3v) is 3.76. The van der Waals surface area contributed by atoms with Crippen molar-refractivity contribution < 1.29 is 23.8 Å². The molecule has 0 spiro atoms. The molecule has 0 atom stereocenters. The maximum absolute atomic E-state index is 11.9. The molecule has 1 aromatic rings. The Morgan fingerprint density at radius 2 is 1.72 bits per heavy atom. The van der Waals surface area contributed by atoms with Gasteiger partial charge in [-0.25, -0.2) is 9.59 Å². The molecule has 136 valence electrons. The van der Waals surface area contributed by atoms with Crippen LogP contribution in [0.3, 0.4) is 0 Å². The Balaban J connectivity index is 2.88. The minimum atomic E-state index is -0.368. The number of carbonyl (C=O) groups is 2. The second kappa shape index (κ2) is 11.5. The molecule has 25 heavy (non-hydrogen) atoms. The topological polar surface area (TPSA) is 61.8 Å². The van der Waals surface area contributed by atoms with E-state index in [0.717, 1.165) is 5.56 Å². The highest BCUT2D eigenvalue weighted by Crippen LogP contribution is 2.22. The third kappa shape index (κ3) is 7.13. The number of hydrogen-bond donors (Lipinski definition) is 0. The van der Waals surface area contributed by atoms with Crippen LogP contribution in [0.5, 0.6) is 5.75 Å². The van der Waals surface area contributed by atoms with E-state index in [0.29, 0.717) is 35.4 Å². The van der Waals surface area contributed by atoms with Crippen molar-refractivity contribution in [3.05, 3.63) is 47.1 Å². The molecule has 5 nitrogen and oxygen atoms in total. The summed E-state index contributed by atoms with van der Waals surface area (Å²) >= 11 is 3.30. The summed E-state index contributed by atoms with van der Waals surface area (Å²) in [7, 11) is 0. The van der Waals surface area contributed by atoms with Gasteiger partial charge in [-0.2, -0.15) is 0 Å². The zero-order valence-electron chi connectivity index (χ0n) is 14.7. The fourth-order valence-electron chi connectivity index (χ4n) is 1.88. The van der Waals surface area contributed by atoms with Crippen molar-refractivity contribution in [3.8, 4) is 5.75 Å². The highest BCUT2D eigenvalue weighted by molar-refractivity contribution is 9.09. The van der Waals surface area contributed by atoms with Crippen LogP contribution in [0.15, 0.2) is 41.5 Å². The molecule has 0 aliphatic rings. The predicted molar refractivity (Wildman–Crippen MR) is 101 cm³/mol. The van der Waals surface area contributed by atoms with Gasteiger partial charge in [0.05, 0.1) is 13.2 Å². The van der Waals surface area contributed by atoms with Crippen LogP contribution in [0.1, 0.15) is 26.3 Å². The molecule has 0 radical (unpaired) electrons. The van der Waals surface area contributed by atoms with Gasteiger partial charge in [-0.05, 0) is 39.0 Å². The SMILES string of the molecule is CCOC(=O)/C(=C/c1ccccc1OC/C=C(\C)C(=O)OCC)CBr. The van der Waals surface area contributed by atoms with Gasteiger partial charge in [-0.1, -0.05) is 34.1 Å². The van der Waals surface area contributed by atoms with Crippen LogP contribution < -0.4 is 4.74 Å². The lowest BCUT2D eigenvalue weighted by Gasteiger charge is -2.09. The molecule has 0 amide bonds. The van der Waals surface area contributed by atoms with Gasteiger partial charge in [0.25, 0.3) is 0 Å². The molecule has 0 saturated carbocycles. The van der Waals surface area contributed by atoms with E-state index in [4.69, 9.17) is 14.2 Å². The van der Waals surface area contributed by atoms with Crippen LogP contribution in [-0.4, -0.2) is 37.1 Å². The van der Waals surface area contributed by atoms with Gasteiger partial charge in [0, 0.05) is 22.0 Å². The van der Waals surface area contributed by atoms with Crippen LogP contribution in [0.25, 0.3) is 6.08 Å². The normalized spacial score (nSPS) is 11.8. The van der Waals surface area contributed by atoms with E-state index in [9.17, 15) is 9.59 Å². The molecular formula is C19H23BrO5. The van der Waals surface area contributed by atoms with Gasteiger partial charge in [-0.15, -0.1) is 0 Å². The number of carbonyl (C=O) groups excluding carboxylic acids is 2. The number of alkyl halides is 1. The van der Waals surface area contributed by atoms with Gasteiger partial charge in [0.15, 0.2) is 0 Å². The van der Waals surface area contributed by atoms with Crippen LogP contribution >= 0.6 is 15.9 Å². The van der Waals surface area contributed by atoms with Crippen LogP contribution in [0, 0.1) is 0 Å². The van der Waals surface area contributed by atoms with E-state index in [1.54, 1.807) is 39.0 Å². The Kier molecular flexibility index (Phi) is 9.62. The summed E-state index contributed by atoms with van der Waals surface area (Å²) in [5, 5.41) is 0.377. The van der Waals surface area contributed by atoms with Crippen molar-refractivity contribution >= 4 is 33.9 Å². The molecule has 6 heteroatoms. The number of rotatable bonds is 9. The number of para-hydroxylation sites is 1. The molecule has 0 bridgehead atoms. The predicted octanol–water partition coefficient (Wildman–Crippen LogP) is 3.92. The summed E-state index contributed by atoms with van der Waals surface area (Å²) in [6.45, 7) is 6.07. The Morgan fingerprint density at radius 3 is 2.36 bits per heavy atom. The van der Waals surface area contributed by atoms with E-state index in [2.05, 4.69) is 15.9 Å². The standard InChI is InChI=1S/C19H23BrO5/c1-4-23-18(21)14(3)10-11-25-17-9-7-6-8-15(17)12-16(13-20)19(22)24-5-2/h6-10,12H,4-5,11,13H2,1-3H3/b14-10+,16-12+. The maximum atomic E-state index is 11.9. The molecular weight excluding hydrogens is 388 g/mol. The smallest absolute Gasteiger partial charge is 0.334 e. The van der Waals surface area contributed by atoms with Crippen LogP contribution in [-0.2, 0) is 19.1 Å². The average molecular weight is 411 g/mol. The molecule has 1 aromatic carbocycles. The van der Waals surface area contributed by atoms with Crippen molar-refractivity contribution in [1.29, 1.82) is 0 Å². The van der Waals surface area contributed by atoms with Crippen molar-refractivity contribution in [3.63, 3.8) is 0 Å². The number of esters is 2.